The number of carbonyl (C=O) groups excluding carboxylic acids is 4. The maximum absolute atomic E-state index is 12.6. The van der Waals surface area contributed by atoms with E-state index >= 15 is 0 Å². The van der Waals surface area contributed by atoms with E-state index < -0.39 is 77.4 Å². The topological polar surface area (TPSA) is 135 Å². The van der Waals surface area contributed by atoms with Crippen LogP contribution >= 0.6 is 0 Å². The lowest BCUT2D eigenvalue weighted by atomic mass is 9.44. The zero-order valence-corrected chi connectivity index (χ0v) is 24.3. The Kier molecular flexibility index (Phi) is 9.67. The molecule has 10 nitrogen and oxygen atoms in total. The predicted octanol–water partition coefficient (Wildman–Crippen LogP) is 3.91. The SMILES string of the molecule is C=CC(=C)CC[C@]1(C)[C@H](C)[C@@H](O)[C@H](OC(C)=O)[C@@]23C(=C[C@H](OC(=O)CCC)C[C@@H]12)[C@@H](OC(C)=O)O[C@H]3OC(C)=O. The number of carbonyl (C=O) groups is 4. The number of aliphatic hydroxyl groups excluding tert-OH is 1. The Morgan fingerprint density at radius 3 is 2.25 bits per heavy atom. The quantitative estimate of drug-likeness (QED) is 0.181. The largest absolute Gasteiger partial charge is 0.459 e. The van der Waals surface area contributed by atoms with Crippen molar-refractivity contribution in [3.05, 3.63) is 36.5 Å². The van der Waals surface area contributed by atoms with Gasteiger partial charge in [-0.3, -0.25) is 23.9 Å². The van der Waals surface area contributed by atoms with Gasteiger partial charge in [-0.1, -0.05) is 45.6 Å². The Labute approximate surface area is 235 Å². The van der Waals surface area contributed by atoms with Crippen molar-refractivity contribution < 1.29 is 48.0 Å². The molecule has 0 aromatic rings. The highest BCUT2D eigenvalue weighted by atomic mass is 16.8. The van der Waals surface area contributed by atoms with Crippen LogP contribution in [0.1, 0.15) is 73.6 Å². The van der Waals surface area contributed by atoms with Crippen molar-refractivity contribution in [2.75, 3.05) is 0 Å². The number of rotatable bonds is 10. The summed E-state index contributed by atoms with van der Waals surface area (Å²) < 4.78 is 29.0. The average Bonchev–Trinajstić information content (AvgIpc) is 3.15. The van der Waals surface area contributed by atoms with Gasteiger partial charge in [0.25, 0.3) is 0 Å². The summed E-state index contributed by atoms with van der Waals surface area (Å²) in [6, 6.07) is 0. The molecule has 0 unspecified atom stereocenters. The first-order valence-corrected chi connectivity index (χ1v) is 13.8. The monoisotopic (exact) mass is 562 g/mol. The summed E-state index contributed by atoms with van der Waals surface area (Å²) >= 11 is 0. The number of ether oxygens (including phenoxy) is 5. The van der Waals surface area contributed by atoms with Crippen molar-refractivity contribution in [3.8, 4) is 0 Å². The van der Waals surface area contributed by atoms with E-state index in [1.807, 2.05) is 20.8 Å². The van der Waals surface area contributed by atoms with E-state index in [4.69, 9.17) is 23.7 Å². The maximum atomic E-state index is 12.6. The van der Waals surface area contributed by atoms with E-state index in [9.17, 15) is 24.3 Å². The molecular weight excluding hydrogens is 520 g/mol. The lowest BCUT2D eigenvalue weighted by molar-refractivity contribution is -0.277. The van der Waals surface area contributed by atoms with Crippen molar-refractivity contribution in [2.45, 2.75) is 105 Å². The van der Waals surface area contributed by atoms with Gasteiger partial charge in [-0.2, -0.15) is 0 Å². The molecule has 2 fully saturated rings. The molecule has 0 radical (unpaired) electrons. The molecule has 0 aromatic carbocycles. The molecule has 0 bridgehead atoms. The average molecular weight is 563 g/mol. The third-order valence-corrected chi connectivity index (χ3v) is 8.78. The van der Waals surface area contributed by atoms with Gasteiger partial charge in [-0.15, -0.1) is 0 Å². The van der Waals surface area contributed by atoms with Gasteiger partial charge in [0.2, 0.25) is 12.6 Å². The number of aliphatic hydroxyl groups is 1. The molecule has 0 aromatic heterocycles. The molecular formula is C30H42O10. The first-order chi connectivity index (χ1) is 18.7. The van der Waals surface area contributed by atoms with Gasteiger partial charge in [-0.05, 0) is 49.0 Å². The Morgan fingerprint density at radius 2 is 1.70 bits per heavy atom. The van der Waals surface area contributed by atoms with Crippen LogP contribution in [0.3, 0.4) is 0 Å². The molecule has 10 heteroatoms. The smallest absolute Gasteiger partial charge is 0.306 e. The number of hydrogen-bond donors (Lipinski definition) is 1. The zero-order chi connectivity index (χ0) is 30.0. The molecule has 1 saturated heterocycles. The van der Waals surface area contributed by atoms with Gasteiger partial charge in [0.05, 0.1) is 6.10 Å². The molecule has 3 aliphatic rings. The molecule has 2 aliphatic carbocycles. The zero-order valence-electron chi connectivity index (χ0n) is 24.3. The van der Waals surface area contributed by atoms with E-state index in [2.05, 4.69) is 13.2 Å². The van der Waals surface area contributed by atoms with Gasteiger partial charge in [0.15, 0.2) is 0 Å². The van der Waals surface area contributed by atoms with Crippen LogP contribution in [0.25, 0.3) is 0 Å². The molecule has 0 amide bonds. The number of allylic oxidation sites excluding steroid dienone is 2. The molecule has 1 aliphatic heterocycles. The molecule has 1 saturated carbocycles. The highest BCUT2D eigenvalue weighted by Gasteiger charge is 2.75. The van der Waals surface area contributed by atoms with Crippen molar-refractivity contribution in [3.63, 3.8) is 0 Å². The third kappa shape index (κ3) is 5.74. The van der Waals surface area contributed by atoms with Crippen LogP contribution < -0.4 is 0 Å². The molecule has 9 atom stereocenters. The second-order valence-corrected chi connectivity index (χ2v) is 11.3. The van der Waals surface area contributed by atoms with Gasteiger partial charge >= 0.3 is 23.9 Å². The minimum absolute atomic E-state index is 0.219. The van der Waals surface area contributed by atoms with Crippen molar-refractivity contribution in [1.29, 1.82) is 0 Å². The van der Waals surface area contributed by atoms with E-state index in [0.29, 0.717) is 24.8 Å². The fourth-order valence-corrected chi connectivity index (χ4v) is 6.80. The fourth-order valence-electron chi connectivity index (χ4n) is 6.80. The molecule has 40 heavy (non-hydrogen) atoms. The Hall–Kier alpha value is -2.98. The van der Waals surface area contributed by atoms with Gasteiger partial charge in [-0.25, -0.2) is 0 Å². The number of esters is 4. The summed E-state index contributed by atoms with van der Waals surface area (Å²) in [7, 11) is 0. The lowest BCUT2D eigenvalue weighted by Gasteiger charge is -2.62. The summed E-state index contributed by atoms with van der Waals surface area (Å²) in [5.41, 5.74) is -1.02. The molecule has 1 N–H and O–H groups in total. The van der Waals surface area contributed by atoms with E-state index in [-0.39, 0.29) is 12.8 Å². The van der Waals surface area contributed by atoms with Crippen LogP contribution in [-0.2, 0) is 42.9 Å². The van der Waals surface area contributed by atoms with Gasteiger partial charge < -0.3 is 24.1 Å². The number of hydrogen-bond acceptors (Lipinski definition) is 10. The van der Waals surface area contributed by atoms with Crippen LogP contribution in [0.4, 0.5) is 0 Å². The van der Waals surface area contributed by atoms with E-state index in [0.717, 1.165) is 5.57 Å². The molecule has 222 valence electrons. The summed E-state index contributed by atoms with van der Waals surface area (Å²) in [5, 5.41) is 11.8. The van der Waals surface area contributed by atoms with Crippen LogP contribution in [0, 0.1) is 22.7 Å². The van der Waals surface area contributed by atoms with Crippen LogP contribution in [0.2, 0.25) is 0 Å². The predicted molar refractivity (Wildman–Crippen MR) is 143 cm³/mol. The molecule has 1 spiro atoms. The normalized spacial score (nSPS) is 36.3. The second kappa shape index (κ2) is 12.3. The van der Waals surface area contributed by atoms with Crippen LogP contribution in [0.15, 0.2) is 36.5 Å². The minimum atomic E-state index is -1.44. The summed E-state index contributed by atoms with van der Waals surface area (Å²) in [5.74, 6) is -3.33. The summed E-state index contributed by atoms with van der Waals surface area (Å²) in [6.07, 6.45) is -0.393. The minimum Gasteiger partial charge on any atom is -0.459 e. The van der Waals surface area contributed by atoms with Crippen LogP contribution in [0.5, 0.6) is 0 Å². The van der Waals surface area contributed by atoms with Gasteiger partial charge in [0.1, 0.15) is 17.6 Å². The Bertz CT molecular complexity index is 1080. The Morgan fingerprint density at radius 1 is 1.07 bits per heavy atom. The first-order valence-electron chi connectivity index (χ1n) is 13.8. The third-order valence-electron chi connectivity index (χ3n) is 8.78. The summed E-state index contributed by atoms with van der Waals surface area (Å²) in [4.78, 5) is 49.5. The van der Waals surface area contributed by atoms with Crippen molar-refractivity contribution in [1.82, 2.24) is 0 Å². The van der Waals surface area contributed by atoms with Gasteiger partial charge in [0, 0.05) is 32.8 Å². The maximum Gasteiger partial charge on any atom is 0.306 e. The lowest BCUT2D eigenvalue weighted by Crippen LogP contribution is -2.69. The highest BCUT2D eigenvalue weighted by molar-refractivity contribution is 5.70. The van der Waals surface area contributed by atoms with E-state index in [1.54, 1.807) is 12.2 Å². The molecule has 3 rings (SSSR count). The van der Waals surface area contributed by atoms with E-state index in [1.165, 1.54) is 20.8 Å². The standard InChI is InChI=1S/C30H42O10/c1-9-11-24(34)39-21-14-22-27(37-19(6)32)40-28(38-20(7)33)30(22)23(15-21)29(8,13-12-16(3)10-2)17(4)25(35)26(30)36-18(5)31/h10,14,17,21,23,25-28,35H,2-3,9,11-13,15H2,1,4-8H3/t17-,21+,23+,25-,26+,27+,28-,29-,30-/m1/s1. The van der Waals surface area contributed by atoms with Crippen molar-refractivity contribution >= 4 is 23.9 Å². The van der Waals surface area contributed by atoms with Crippen LogP contribution in [-0.4, -0.2) is 59.9 Å². The summed E-state index contributed by atoms with van der Waals surface area (Å²) in [6.45, 7) is 17.3. The first kappa shape index (κ1) is 31.5. The highest BCUT2D eigenvalue weighted by Crippen LogP contribution is 2.68. The second-order valence-electron chi connectivity index (χ2n) is 11.3. The Balaban J connectivity index is 2.32. The molecule has 1 heterocycles. The fraction of sp³-hybridized carbons (Fsp3) is 0.667. The van der Waals surface area contributed by atoms with Crippen molar-refractivity contribution in [2.24, 2.45) is 22.7 Å².